The van der Waals surface area contributed by atoms with Crippen LogP contribution in [0.3, 0.4) is 0 Å². The lowest BCUT2D eigenvalue weighted by Crippen LogP contribution is -2.46. The first-order chi connectivity index (χ1) is 11.1. The summed E-state index contributed by atoms with van der Waals surface area (Å²) in [5.41, 5.74) is 0.892. The van der Waals surface area contributed by atoms with Crippen molar-refractivity contribution in [3.05, 3.63) is 53.1 Å². The fourth-order valence-corrected chi connectivity index (χ4v) is 3.31. The van der Waals surface area contributed by atoms with Gasteiger partial charge in [0.15, 0.2) is 5.60 Å². The molecule has 2 atom stereocenters. The molecule has 0 aromatic heterocycles. The van der Waals surface area contributed by atoms with Crippen molar-refractivity contribution in [2.24, 2.45) is 0 Å². The van der Waals surface area contributed by atoms with Crippen molar-refractivity contribution in [3.63, 3.8) is 0 Å². The maximum Gasteiger partial charge on any atom is 0.152 e. The Morgan fingerprint density at radius 3 is 2.26 bits per heavy atom. The van der Waals surface area contributed by atoms with Crippen LogP contribution in [0.15, 0.2) is 36.4 Å². The van der Waals surface area contributed by atoms with E-state index in [1.165, 1.54) is 0 Å². The molecule has 0 saturated carbocycles. The Balaban J connectivity index is 2.21. The van der Waals surface area contributed by atoms with E-state index in [1.54, 1.807) is 46.6 Å². The van der Waals surface area contributed by atoms with E-state index in [2.05, 4.69) is 0 Å². The van der Waals surface area contributed by atoms with Gasteiger partial charge in [-0.15, -0.1) is 0 Å². The number of benzene rings is 2. The topological polar surface area (TPSA) is 57.2 Å². The fraction of sp³-hybridized carbons (Fsp3) is 0.333. The monoisotopic (exact) mass is 316 g/mol. The maximum atomic E-state index is 11.5. The molecule has 0 heterocycles. The maximum absolute atomic E-state index is 11.5. The van der Waals surface area contributed by atoms with Gasteiger partial charge in [0.2, 0.25) is 0 Å². The Hall–Kier alpha value is -2.24. The molecule has 5 nitrogen and oxygen atoms in total. The Labute approximate surface area is 135 Å². The standard InChI is InChI=1S/C18H20O5/c1-20-11-8-9-13(15(10-11)22-3)18(19)16-12(17(18)23-4)6-5-7-14(16)21-2/h5-10,17,19H,1-4H3/t17-,18+/m0/s1. The van der Waals surface area contributed by atoms with Crippen LogP contribution in [0.2, 0.25) is 0 Å². The molecule has 5 heteroatoms. The lowest BCUT2D eigenvalue weighted by Gasteiger charge is -2.47. The second-order valence-corrected chi connectivity index (χ2v) is 5.37. The van der Waals surface area contributed by atoms with Crippen molar-refractivity contribution in [3.8, 4) is 17.2 Å². The molecule has 0 spiro atoms. The predicted octanol–water partition coefficient (Wildman–Crippen LogP) is 2.65. The number of aliphatic hydroxyl groups is 1. The molecule has 122 valence electrons. The molecule has 23 heavy (non-hydrogen) atoms. The smallest absolute Gasteiger partial charge is 0.152 e. The second kappa shape index (κ2) is 5.76. The van der Waals surface area contributed by atoms with E-state index < -0.39 is 11.7 Å². The number of methoxy groups -OCH3 is 4. The summed E-state index contributed by atoms with van der Waals surface area (Å²) in [6, 6.07) is 11.0. The van der Waals surface area contributed by atoms with Gasteiger partial charge < -0.3 is 24.1 Å². The van der Waals surface area contributed by atoms with Crippen molar-refractivity contribution in [2.45, 2.75) is 11.7 Å². The first-order valence-electron chi connectivity index (χ1n) is 7.26. The van der Waals surface area contributed by atoms with Crippen LogP contribution in [0.5, 0.6) is 17.2 Å². The molecule has 0 amide bonds. The van der Waals surface area contributed by atoms with Crippen molar-refractivity contribution < 1.29 is 24.1 Å². The fourth-order valence-electron chi connectivity index (χ4n) is 3.31. The van der Waals surface area contributed by atoms with E-state index in [9.17, 15) is 5.11 Å². The highest BCUT2D eigenvalue weighted by Gasteiger charge is 2.55. The highest BCUT2D eigenvalue weighted by molar-refractivity contribution is 5.62. The van der Waals surface area contributed by atoms with Crippen molar-refractivity contribution in [2.75, 3.05) is 28.4 Å². The van der Waals surface area contributed by atoms with Gasteiger partial charge in [0.25, 0.3) is 0 Å². The quantitative estimate of drug-likeness (QED) is 0.919. The van der Waals surface area contributed by atoms with Crippen LogP contribution >= 0.6 is 0 Å². The zero-order chi connectivity index (χ0) is 16.6. The van der Waals surface area contributed by atoms with E-state index in [0.29, 0.717) is 28.4 Å². The number of fused-ring (bicyclic) bond motifs is 1. The van der Waals surface area contributed by atoms with Crippen LogP contribution in [0.1, 0.15) is 22.8 Å². The van der Waals surface area contributed by atoms with Crippen LogP contribution < -0.4 is 14.2 Å². The number of ether oxygens (including phenoxy) is 4. The molecule has 1 aliphatic carbocycles. The van der Waals surface area contributed by atoms with Crippen LogP contribution in [0.25, 0.3) is 0 Å². The normalized spacial score (nSPS) is 22.0. The van der Waals surface area contributed by atoms with E-state index in [0.717, 1.165) is 5.56 Å². The molecule has 2 aromatic rings. The average molecular weight is 316 g/mol. The Bertz CT molecular complexity index is 727. The molecule has 2 aromatic carbocycles. The molecule has 1 aliphatic rings. The zero-order valence-electron chi connectivity index (χ0n) is 13.6. The van der Waals surface area contributed by atoms with Gasteiger partial charge in [-0.2, -0.15) is 0 Å². The first kappa shape index (κ1) is 15.6. The average Bonchev–Trinajstić information content (AvgIpc) is 2.60. The second-order valence-electron chi connectivity index (χ2n) is 5.37. The minimum absolute atomic E-state index is 0.491. The zero-order valence-corrected chi connectivity index (χ0v) is 13.6. The Morgan fingerprint density at radius 2 is 1.65 bits per heavy atom. The lowest BCUT2D eigenvalue weighted by molar-refractivity contribution is -0.105. The number of hydrogen-bond donors (Lipinski definition) is 1. The highest BCUT2D eigenvalue weighted by atomic mass is 16.5. The first-order valence-corrected chi connectivity index (χ1v) is 7.26. The molecule has 0 bridgehead atoms. The Kier molecular flexibility index (Phi) is 3.92. The van der Waals surface area contributed by atoms with Gasteiger partial charge in [-0.1, -0.05) is 12.1 Å². The molecule has 0 saturated heterocycles. The van der Waals surface area contributed by atoms with Gasteiger partial charge in [0.1, 0.15) is 23.4 Å². The third kappa shape index (κ3) is 2.08. The van der Waals surface area contributed by atoms with Gasteiger partial charge in [0, 0.05) is 24.3 Å². The number of rotatable bonds is 5. The van der Waals surface area contributed by atoms with Crippen molar-refractivity contribution >= 4 is 0 Å². The van der Waals surface area contributed by atoms with Gasteiger partial charge in [0.05, 0.1) is 21.3 Å². The van der Waals surface area contributed by atoms with E-state index in [4.69, 9.17) is 18.9 Å². The van der Waals surface area contributed by atoms with Gasteiger partial charge >= 0.3 is 0 Å². The molecule has 0 radical (unpaired) electrons. The third-order valence-electron chi connectivity index (χ3n) is 4.38. The molecule has 0 fully saturated rings. The largest absolute Gasteiger partial charge is 0.497 e. The van der Waals surface area contributed by atoms with Gasteiger partial charge in [-0.25, -0.2) is 0 Å². The number of hydrogen-bond acceptors (Lipinski definition) is 5. The summed E-state index contributed by atoms with van der Waals surface area (Å²) >= 11 is 0. The summed E-state index contributed by atoms with van der Waals surface area (Å²) in [4.78, 5) is 0. The summed E-state index contributed by atoms with van der Waals surface area (Å²) in [6.45, 7) is 0. The minimum atomic E-state index is -1.34. The molecular formula is C18H20O5. The minimum Gasteiger partial charge on any atom is -0.497 e. The summed E-state index contributed by atoms with van der Waals surface area (Å²) in [5, 5.41) is 11.5. The van der Waals surface area contributed by atoms with E-state index in [1.807, 2.05) is 18.2 Å². The summed E-state index contributed by atoms with van der Waals surface area (Å²) < 4.78 is 21.7. The van der Waals surface area contributed by atoms with E-state index >= 15 is 0 Å². The summed E-state index contributed by atoms with van der Waals surface area (Å²) in [7, 11) is 6.31. The van der Waals surface area contributed by atoms with Gasteiger partial charge in [-0.05, 0) is 23.8 Å². The lowest BCUT2D eigenvalue weighted by atomic mass is 9.66. The van der Waals surface area contributed by atoms with Crippen LogP contribution in [0.4, 0.5) is 0 Å². The van der Waals surface area contributed by atoms with Crippen molar-refractivity contribution in [1.82, 2.24) is 0 Å². The highest BCUT2D eigenvalue weighted by Crippen LogP contribution is 2.59. The van der Waals surface area contributed by atoms with Crippen LogP contribution in [-0.4, -0.2) is 33.5 Å². The van der Waals surface area contributed by atoms with Crippen LogP contribution in [-0.2, 0) is 10.3 Å². The molecular weight excluding hydrogens is 296 g/mol. The van der Waals surface area contributed by atoms with Gasteiger partial charge in [-0.3, -0.25) is 0 Å². The SMILES string of the molecule is COc1ccc([C@@]2(O)c3c(OC)cccc3[C@@H]2OC)c(OC)c1. The van der Waals surface area contributed by atoms with Crippen molar-refractivity contribution in [1.29, 1.82) is 0 Å². The molecule has 0 unspecified atom stereocenters. The molecule has 0 aliphatic heterocycles. The third-order valence-corrected chi connectivity index (χ3v) is 4.38. The predicted molar refractivity (Wildman–Crippen MR) is 85.3 cm³/mol. The summed E-state index contributed by atoms with van der Waals surface area (Å²) in [5.74, 6) is 1.81. The van der Waals surface area contributed by atoms with E-state index in [-0.39, 0.29) is 0 Å². The van der Waals surface area contributed by atoms with Crippen LogP contribution in [0, 0.1) is 0 Å². The Morgan fingerprint density at radius 1 is 0.913 bits per heavy atom. The summed E-state index contributed by atoms with van der Waals surface area (Å²) in [6.07, 6.45) is -0.491. The molecule has 1 N–H and O–H groups in total. The molecule has 3 rings (SSSR count).